The minimum absolute atomic E-state index is 0.0387. The number of rotatable bonds is 15. The summed E-state index contributed by atoms with van der Waals surface area (Å²) in [7, 11) is 0. The van der Waals surface area contributed by atoms with Gasteiger partial charge in [0.15, 0.2) is 0 Å². The first-order chi connectivity index (χ1) is 13.6. The van der Waals surface area contributed by atoms with Gasteiger partial charge in [-0.3, -0.25) is 0 Å². The number of hydrogen-bond acceptors (Lipinski definition) is 4. The van der Waals surface area contributed by atoms with E-state index in [1.165, 1.54) is 25.7 Å². The molecule has 0 fully saturated rings. The summed E-state index contributed by atoms with van der Waals surface area (Å²) in [6, 6.07) is 5.52. The lowest BCUT2D eigenvalue weighted by Crippen LogP contribution is -2.45. The fraction of sp³-hybridized carbons (Fsp3) is 0.760. The SMILES string of the molecule is CC(C)CCCC(C)CCCOc1ccc(CCC(N)(CO)CC(C)C)c(O)c1. The number of aromatic hydroxyl groups is 1. The first-order valence-electron chi connectivity index (χ1n) is 11.5. The number of phenols is 1. The molecule has 0 aliphatic carbocycles. The lowest BCUT2D eigenvalue weighted by atomic mass is 9.85. The highest BCUT2D eigenvalue weighted by molar-refractivity contribution is 5.39. The summed E-state index contributed by atoms with van der Waals surface area (Å²) in [5.74, 6) is 2.91. The van der Waals surface area contributed by atoms with Crippen LogP contribution >= 0.6 is 0 Å². The summed E-state index contributed by atoms with van der Waals surface area (Å²) in [4.78, 5) is 0. The van der Waals surface area contributed by atoms with Crippen LogP contribution in [0.5, 0.6) is 11.5 Å². The van der Waals surface area contributed by atoms with Crippen molar-refractivity contribution in [3.8, 4) is 11.5 Å². The van der Waals surface area contributed by atoms with E-state index >= 15 is 0 Å². The molecule has 0 bridgehead atoms. The quantitative estimate of drug-likeness (QED) is 0.327. The van der Waals surface area contributed by atoms with E-state index in [1.807, 2.05) is 12.1 Å². The van der Waals surface area contributed by atoms with Gasteiger partial charge in [-0.05, 0) is 61.5 Å². The number of aliphatic hydroxyl groups is 1. The Hall–Kier alpha value is -1.26. The molecule has 29 heavy (non-hydrogen) atoms. The molecule has 1 aromatic rings. The maximum Gasteiger partial charge on any atom is 0.122 e. The highest BCUT2D eigenvalue weighted by atomic mass is 16.5. The zero-order chi connectivity index (χ0) is 21.9. The van der Waals surface area contributed by atoms with E-state index in [1.54, 1.807) is 6.07 Å². The summed E-state index contributed by atoms with van der Waals surface area (Å²) < 4.78 is 5.83. The van der Waals surface area contributed by atoms with Crippen LogP contribution in [0.15, 0.2) is 18.2 Å². The summed E-state index contributed by atoms with van der Waals surface area (Å²) >= 11 is 0. The van der Waals surface area contributed by atoms with Gasteiger partial charge in [0.1, 0.15) is 11.5 Å². The van der Waals surface area contributed by atoms with Crippen molar-refractivity contribution in [1.29, 1.82) is 0 Å². The lowest BCUT2D eigenvalue weighted by Gasteiger charge is -2.29. The van der Waals surface area contributed by atoms with Gasteiger partial charge in [-0.1, -0.05) is 59.9 Å². The highest BCUT2D eigenvalue weighted by Gasteiger charge is 2.25. The smallest absolute Gasteiger partial charge is 0.122 e. The third-order valence-corrected chi connectivity index (χ3v) is 5.67. The number of ether oxygens (including phenoxy) is 1. The topological polar surface area (TPSA) is 75.7 Å². The number of aryl methyl sites for hydroxylation is 1. The number of benzene rings is 1. The van der Waals surface area contributed by atoms with Crippen molar-refractivity contribution in [3.63, 3.8) is 0 Å². The van der Waals surface area contributed by atoms with E-state index in [9.17, 15) is 10.2 Å². The molecule has 0 aliphatic rings. The molecule has 0 amide bonds. The van der Waals surface area contributed by atoms with Crippen molar-refractivity contribution >= 4 is 0 Å². The van der Waals surface area contributed by atoms with Gasteiger partial charge in [0, 0.05) is 11.6 Å². The molecule has 2 unspecified atom stereocenters. The fourth-order valence-corrected chi connectivity index (χ4v) is 3.93. The molecule has 4 heteroatoms. The Kier molecular flexibility index (Phi) is 11.7. The van der Waals surface area contributed by atoms with Crippen molar-refractivity contribution in [1.82, 2.24) is 0 Å². The average molecular weight is 408 g/mol. The van der Waals surface area contributed by atoms with Crippen LogP contribution in [0.25, 0.3) is 0 Å². The largest absolute Gasteiger partial charge is 0.508 e. The van der Waals surface area contributed by atoms with E-state index in [0.29, 0.717) is 31.1 Å². The van der Waals surface area contributed by atoms with E-state index in [-0.39, 0.29) is 12.4 Å². The van der Waals surface area contributed by atoms with E-state index in [4.69, 9.17) is 10.5 Å². The van der Waals surface area contributed by atoms with Crippen molar-refractivity contribution in [2.45, 2.75) is 91.5 Å². The van der Waals surface area contributed by atoms with Crippen LogP contribution in [0.2, 0.25) is 0 Å². The number of nitrogens with two attached hydrogens (primary N) is 1. The Labute approximate surface area is 178 Å². The lowest BCUT2D eigenvalue weighted by molar-refractivity contribution is 0.165. The normalized spacial score (nSPS) is 14.9. The molecule has 2 atom stereocenters. The Morgan fingerprint density at radius 2 is 1.69 bits per heavy atom. The molecule has 0 spiro atoms. The van der Waals surface area contributed by atoms with Gasteiger partial charge < -0.3 is 20.7 Å². The van der Waals surface area contributed by atoms with Crippen molar-refractivity contribution in [3.05, 3.63) is 23.8 Å². The zero-order valence-corrected chi connectivity index (χ0v) is 19.4. The van der Waals surface area contributed by atoms with Gasteiger partial charge in [0.25, 0.3) is 0 Å². The molecule has 0 radical (unpaired) electrons. The molecule has 0 heterocycles. The third kappa shape index (κ3) is 10.9. The van der Waals surface area contributed by atoms with Gasteiger partial charge in [0.05, 0.1) is 13.2 Å². The Balaban J connectivity index is 2.39. The molecular formula is C25H45NO3. The van der Waals surface area contributed by atoms with Crippen LogP contribution in [-0.4, -0.2) is 29.0 Å². The molecule has 4 nitrogen and oxygen atoms in total. The van der Waals surface area contributed by atoms with Gasteiger partial charge in [-0.15, -0.1) is 0 Å². The highest BCUT2D eigenvalue weighted by Crippen LogP contribution is 2.28. The van der Waals surface area contributed by atoms with Crippen LogP contribution in [0.1, 0.15) is 85.1 Å². The Morgan fingerprint density at radius 3 is 2.28 bits per heavy atom. The Bertz CT molecular complexity index is 573. The predicted octanol–water partition coefficient (Wildman–Crippen LogP) is 5.68. The van der Waals surface area contributed by atoms with Crippen LogP contribution < -0.4 is 10.5 Å². The predicted molar refractivity (Wildman–Crippen MR) is 122 cm³/mol. The Morgan fingerprint density at radius 1 is 1.00 bits per heavy atom. The number of phenolic OH excluding ortho intramolecular Hbond substituents is 1. The van der Waals surface area contributed by atoms with Crippen molar-refractivity contribution in [2.24, 2.45) is 23.5 Å². The molecule has 4 N–H and O–H groups in total. The molecule has 0 aliphatic heterocycles. The number of hydrogen-bond donors (Lipinski definition) is 3. The van der Waals surface area contributed by atoms with E-state index < -0.39 is 5.54 Å². The van der Waals surface area contributed by atoms with Crippen LogP contribution in [0.3, 0.4) is 0 Å². The molecule has 168 valence electrons. The van der Waals surface area contributed by atoms with Gasteiger partial charge in [0.2, 0.25) is 0 Å². The second-order valence-electron chi connectivity index (χ2n) is 9.83. The first-order valence-corrected chi connectivity index (χ1v) is 11.5. The molecule has 0 aromatic heterocycles. The second kappa shape index (κ2) is 13.1. The summed E-state index contributed by atoms with van der Waals surface area (Å²) in [6.45, 7) is 11.7. The summed E-state index contributed by atoms with van der Waals surface area (Å²) in [6.07, 6.45) is 8.18. The minimum atomic E-state index is -0.596. The van der Waals surface area contributed by atoms with Crippen LogP contribution in [0, 0.1) is 17.8 Å². The van der Waals surface area contributed by atoms with Gasteiger partial charge >= 0.3 is 0 Å². The maximum absolute atomic E-state index is 10.3. The monoisotopic (exact) mass is 407 g/mol. The third-order valence-electron chi connectivity index (χ3n) is 5.67. The number of aliphatic hydroxyl groups excluding tert-OH is 1. The van der Waals surface area contributed by atoms with Crippen LogP contribution in [0.4, 0.5) is 0 Å². The summed E-state index contributed by atoms with van der Waals surface area (Å²) in [5.41, 5.74) is 6.57. The minimum Gasteiger partial charge on any atom is -0.508 e. The van der Waals surface area contributed by atoms with Crippen LogP contribution in [-0.2, 0) is 6.42 Å². The molecule has 0 saturated carbocycles. The first kappa shape index (κ1) is 25.8. The van der Waals surface area contributed by atoms with Gasteiger partial charge in [-0.25, -0.2) is 0 Å². The fourth-order valence-electron chi connectivity index (χ4n) is 3.93. The van der Waals surface area contributed by atoms with E-state index in [0.717, 1.165) is 30.2 Å². The molecule has 1 rings (SSSR count). The van der Waals surface area contributed by atoms with E-state index in [2.05, 4.69) is 34.6 Å². The van der Waals surface area contributed by atoms with Gasteiger partial charge in [-0.2, -0.15) is 0 Å². The van der Waals surface area contributed by atoms with Crippen molar-refractivity contribution < 1.29 is 14.9 Å². The average Bonchev–Trinajstić information content (AvgIpc) is 2.63. The second-order valence-corrected chi connectivity index (χ2v) is 9.83. The molecular weight excluding hydrogens is 362 g/mol. The zero-order valence-electron chi connectivity index (χ0n) is 19.4. The maximum atomic E-state index is 10.3. The van der Waals surface area contributed by atoms with Crippen molar-refractivity contribution in [2.75, 3.05) is 13.2 Å². The standard InChI is InChI=1S/C25H45NO3/c1-19(2)8-6-9-21(5)10-7-15-29-23-12-11-22(24(28)16-23)13-14-25(26,18-27)17-20(3)4/h11-12,16,19-21,27-28H,6-10,13-15,17-18,26H2,1-5H3. The summed E-state index contributed by atoms with van der Waals surface area (Å²) in [5, 5.41) is 20.0. The molecule has 0 saturated heterocycles. The molecule has 1 aromatic carbocycles.